The van der Waals surface area contributed by atoms with Crippen LogP contribution in [0.3, 0.4) is 0 Å². The summed E-state index contributed by atoms with van der Waals surface area (Å²) >= 11 is 0. The highest BCUT2D eigenvalue weighted by Crippen LogP contribution is 2.27. The van der Waals surface area contributed by atoms with Crippen LogP contribution in [0.4, 0.5) is 8.78 Å². The standard InChI is InChI=1S/C18H22F2N2O5S/c1-21(9-12-2-4-15(5-3-12)27-18(19)20)17(24)13-8-16(23)22(10-13)14-6-7-28(25,26)11-14/h2-5,13-14,18H,6-11H2,1H3. The van der Waals surface area contributed by atoms with E-state index in [0.29, 0.717) is 6.42 Å². The second kappa shape index (κ2) is 8.02. The number of sulfone groups is 1. The number of nitrogens with zero attached hydrogens (tertiary/aromatic N) is 2. The van der Waals surface area contributed by atoms with E-state index in [1.54, 1.807) is 19.2 Å². The smallest absolute Gasteiger partial charge is 0.387 e. The van der Waals surface area contributed by atoms with Crippen molar-refractivity contribution in [1.29, 1.82) is 0 Å². The molecule has 2 heterocycles. The number of hydrogen-bond acceptors (Lipinski definition) is 5. The molecule has 2 saturated heterocycles. The lowest BCUT2D eigenvalue weighted by Crippen LogP contribution is -2.39. The molecule has 0 saturated carbocycles. The van der Waals surface area contributed by atoms with Crippen LogP contribution in [0.25, 0.3) is 0 Å². The Kier molecular flexibility index (Phi) is 5.87. The molecule has 0 N–H and O–H groups in total. The van der Waals surface area contributed by atoms with Gasteiger partial charge in [-0.25, -0.2) is 8.42 Å². The second-order valence-electron chi connectivity index (χ2n) is 7.22. The number of halogens is 2. The SMILES string of the molecule is CN(Cc1ccc(OC(F)F)cc1)C(=O)C1CC(=O)N(C2CCS(=O)(=O)C2)C1. The van der Waals surface area contributed by atoms with E-state index in [4.69, 9.17) is 0 Å². The van der Waals surface area contributed by atoms with Crippen LogP contribution in [-0.4, -0.2) is 67.8 Å². The van der Waals surface area contributed by atoms with Gasteiger partial charge in [-0.3, -0.25) is 9.59 Å². The maximum Gasteiger partial charge on any atom is 0.387 e. The van der Waals surface area contributed by atoms with Gasteiger partial charge in [-0.05, 0) is 24.1 Å². The number of rotatable bonds is 6. The summed E-state index contributed by atoms with van der Waals surface area (Å²) in [7, 11) is -1.50. The highest BCUT2D eigenvalue weighted by molar-refractivity contribution is 7.91. The Labute approximate surface area is 162 Å². The Hall–Kier alpha value is -2.23. The van der Waals surface area contributed by atoms with Crippen molar-refractivity contribution in [2.45, 2.75) is 32.0 Å². The minimum absolute atomic E-state index is 0.0382. The highest BCUT2D eigenvalue weighted by Gasteiger charge is 2.42. The topological polar surface area (TPSA) is 84.0 Å². The summed E-state index contributed by atoms with van der Waals surface area (Å²) in [5, 5.41) is 0. The van der Waals surface area contributed by atoms with Gasteiger partial charge in [-0.1, -0.05) is 12.1 Å². The third kappa shape index (κ3) is 4.78. The lowest BCUT2D eigenvalue weighted by molar-refractivity contribution is -0.135. The molecule has 0 aliphatic carbocycles. The monoisotopic (exact) mass is 416 g/mol. The van der Waals surface area contributed by atoms with Crippen LogP contribution in [0.2, 0.25) is 0 Å². The third-order valence-corrected chi connectivity index (χ3v) is 6.85. The zero-order chi connectivity index (χ0) is 20.5. The first-order chi connectivity index (χ1) is 13.1. The quantitative estimate of drug-likeness (QED) is 0.698. The molecule has 2 amide bonds. The molecular weight excluding hydrogens is 394 g/mol. The zero-order valence-electron chi connectivity index (χ0n) is 15.4. The fourth-order valence-electron chi connectivity index (χ4n) is 3.71. The fourth-order valence-corrected chi connectivity index (χ4v) is 5.44. The van der Waals surface area contributed by atoms with Crippen molar-refractivity contribution in [3.63, 3.8) is 0 Å². The highest BCUT2D eigenvalue weighted by atomic mass is 32.2. The molecule has 0 spiro atoms. The van der Waals surface area contributed by atoms with Crippen LogP contribution in [0.5, 0.6) is 5.75 Å². The molecule has 0 aromatic heterocycles. The molecule has 3 rings (SSSR count). The van der Waals surface area contributed by atoms with E-state index in [9.17, 15) is 26.8 Å². The Morgan fingerprint density at radius 1 is 1.32 bits per heavy atom. The summed E-state index contributed by atoms with van der Waals surface area (Å²) in [6, 6.07) is 5.65. The molecule has 7 nitrogen and oxygen atoms in total. The maximum atomic E-state index is 12.7. The van der Waals surface area contributed by atoms with Gasteiger partial charge in [-0.15, -0.1) is 0 Å². The molecule has 0 bridgehead atoms. The molecule has 154 valence electrons. The average Bonchev–Trinajstić information content (AvgIpc) is 3.17. The van der Waals surface area contributed by atoms with Gasteiger partial charge in [0.25, 0.3) is 0 Å². The number of ether oxygens (including phenoxy) is 1. The number of likely N-dealkylation sites (tertiary alicyclic amines) is 1. The van der Waals surface area contributed by atoms with E-state index in [2.05, 4.69) is 4.74 Å². The van der Waals surface area contributed by atoms with E-state index in [0.717, 1.165) is 5.56 Å². The van der Waals surface area contributed by atoms with Crippen LogP contribution in [0.1, 0.15) is 18.4 Å². The number of hydrogen-bond donors (Lipinski definition) is 0. The summed E-state index contributed by atoms with van der Waals surface area (Å²) in [6.45, 7) is -2.41. The predicted octanol–water partition coefficient (Wildman–Crippen LogP) is 1.28. The van der Waals surface area contributed by atoms with Crippen LogP contribution < -0.4 is 4.74 Å². The molecule has 2 unspecified atom stereocenters. The zero-order valence-corrected chi connectivity index (χ0v) is 16.2. The van der Waals surface area contributed by atoms with Crippen molar-refractivity contribution in [2.75, 3.05) is 25.1 Å². The molecule has 2 aliphatic rings. The lowest BCUT2D eigenvalue weighted by Gasteiger charge is -2.24. The Morgan fingerprint density at radius 3 is 2.57 bits per heavy atom. The van der Waals surface area contributed by atoms with Gasteiger partial charge in [0, 0.05) is 32.6 Å². The van der Waals surface area contributed by atoms with Gasteiger partial charge in [0.2, 0.25) is 11.8 Å². The molecule has 1 aromatic rings. The number of carbonyl (C=O) groups excluding carboxylic acids is 2. The predicted molar refractivity (Wildman–Crippen MR) is 96.4 cm³/mol. The van der Waals surface area contributed by atoms with E-state index < -0.39 is 22.4 Å². The number of benzene rings is 1. The Balaban J connectivity index is 1.57. The van der Waals surface area contributed by atoms with E-state index in [-0.39, 0.29) is 54.6 Å². The van der Waals surface area contributed by atoms with Gasteiger partial charge in [0.15, 0.2) is 9.84 Å². The first kappa shape index (κ1) is 20.5. The van der Waals surface area contributed by atoms with Crippen LogP contribution >= 0.6 is 0 Å². The number of carbonyl (C=O) groups is 2. The van der Waals surface area contributed by atoms with Gasteiger partial charge in [0.1, 0.15) is 5.75 Å². The molecule has 0 radical (unpaired) electrons. The van der Waals surface area contributed by atoms with Crippen molar-refractivity contribution in [3.8, 4) is 5.75 Å². The molecule has 2 atom stereocenters. The maximum absolute atomic E-state index is 12.7. The second-order valence-corrected chi connectivity index (χ2v) is 9.45. The lowest BCUT2D eigenvalue weighted by atomic mass is 10.1. The number of amides is 2. The van der Waals surface area contributed by atoms with Crippen LogP contribution in [0.15, 0.2) is 24.3 Å². The normalized spacial score (nSPS) is 24.0. The summed E-state index contributed by atoms with van der Waals surface area (Å²) in [4.78, 5) is 28.0. The van der Waals surface area contributed by atoms with Gasteiger partial charge in [-0.2, -0.15) is 8.78 Å². The molecule has 1 aromatic carbocycles. The van der Waals surface area contributed by atoms with E-state index >= 15 is 0 Å². The average molecular weight is 416 g/mol. The summed E-state index contributed by atoms with van der Waals surface area (Å²) in [6.07, 6.45) is 0.485. The van der Waals surface area contributed by atoms with E-state index in [1.165, 1.54) is 21.9 Å². The molecule has 10 heteroatoms. The van der Waals surface area contributed by atoms with Crippen molar-refractivity contribution in [3.05, 3.63) is 29.8 Å². The summed E-state index contributed by atoms with van der Waals surface area (Å²) in [5.41, 5.74) is 0.737. The fraction of sp³-hybridized carbons (Fsp3) is 0.556. The number of alkyl halides is 2. The van der Waals surface area contributed by atoms with Crippen molar-refractivity contribution >= 4 is 21.7 Å². The van der Waals surface area contributed by atoms with Crippen LogP contribution in [0, 0.1) is 5.92 Å². The first-order valence-corrected chi connectivity index (χ1v) is 10.8. The van der Waals surface area contributed by atoms with Gasteiger partial charge < -0.3 is 14.5 Å². The summed E-state index contributed by atoms with van der Waals surface area (Å²) < 4.78 is 52.0. The largest absolute Gasteiger partial charge is 0.435 e. The summed E-state index contributed by atoms with van der Waals surface area (Å²) in [5.74, 6) is -0.834. The van der Waals surface area contributed by atoms with Gasteiger partial charge >= 0.3 is 6.61 Å². The van der Waals surface area contributed by atoms with E-state index in [1.807, 2.05) is 0 Å². The minimum atomic E-state index is -3.11. The van der Waals surface area contributed by atoms with Crippen LogP contribution in [-0.2, 0) is 26.0 Å². The van der Waals surface area contributed by atoms with Crippen molar-refractivity contribution in [1.82, 2.24) is 9.80 Å². The minimum Gasteiger partial charge on any atom is -0.435 e. The van der Waals surface area contributed by atoms with Gasteiger partial charge in [0.05, 0.1) is 17.4 Å². The van der Waals surface area contributed by atoms with Crippen molar-refractivity contribution < 1.29 is 31.5 Å². The Morgan fingerprint density at radius 2 is 2.00 bits per heavy atom. The first-order valence-electron chi connectivity index (χ1n) is 8.93. The molecule has 28 heavy (non-hydrogen) atoms. The third-order valence-electron chi connectivity index (χ3n) is 5.10. The Bertz CT molecular complexity index is 844. The molecule has 2 fully saturated rings. The molecular formula is C18H22F2N2O5S. The molecule has 2 aliphatic heterocycles. The van der Waals surface area contributed by atoms with Crippen molar-refractivity contribution in [2.24, 2.45) is 5.92 Å².